The molecule has 1 rings (SSSR count). The summed E-state index contributed by atoms with van der Waals surface area (Å²) in [5.74, 6) is -0.210. The summed E-state index contributed by atoms with van der Waals surface area (Å²) in [4.78, 5) is 22.7. The molecule has 0 saturated heterocycles. The first-order valence-electron chi connectivity index (χ1n) is 6.38. The van der Waals surface area contributed by atoms with Gasteiger partial charge in [0.1, 0.15) is 0 Å². The van der Waals surface area contributed by atoms with Gasteiger partial charge in [0.2, 0.25) is 16.9 Å². The summed E-state index contributed by atoms with van der Waals surface area (Å²) >= 11 is 2.66. The van der Waals surface area contributed by atoms with E-state index in [2.05, 4.69) is 26.1 Å². The predicted molar refractivity (Wildman–Crippen MR) is 82.7 cm³/mol. The van der Waals surface area contributed by atoms with E-state index < -0.39 is 0 Å². The van der Waals surface area contributed by atoms with E-state index in [0.29, 0.717) is 29.2 Å². The van der Waals surface area contributed by atoms with Crippen molar-refractivity contribution in [2.24, 2.45) is 0 Å². The van der Waals surface area contributed by atoms with Crippen LogP contribution in [0, 0.1) is 0 Å². The number of aromatic nitrogens is 2. The van der Waals surface area contributed by atoms with Crippen LogP contribution >= 0.6 is 23.1 Å². The summed E-state index contributed by atoms with van der Waals surface area (Å²) in [5.41, 5.74) is 0. The molecule has 118 valence electrons. The van der Waals surface area contributed by atoms with E-state index in [4.69, 9.17) is 4.74 Å². The van der Waals surface area contributed by atoms with Gasteiger partial charge >= 0.3 is 0 Å². The van der Waals surface area contributed by atoms with Gasteiger partial charge in [-0.15, -0.1) is 10.2 Å². The normalized spacial score (nSPS) is 10.2. The van der Waals surface area contributed by atoms with Gasteiger partial charge in [-0.05, 0) is 6.92 Å². The van der Waals surface area contributed by atoms with Gasteiger partial charge in [0.05, 0.1) is 18.9 Å². The molecule has 0 saturated carbocycles. The Morgan fingerprint density at radius 2 is 2.10 bits per heavy atom. The van der Waals surface area contributed by atoms with Crippen molar-refractivity contribution in [3.8, 4) is 0 Å². The Morgan fingerprint density at radius 1 is 1.29 bits per heavy atom. The molecule has 0 radical (unpaired) electrons. The van der Waals surface area contributed by atoms with Gasteiger partial charge in [0.25, 0.3) is 0 Å². The number of likely N-dealkylation sites (N-methyl/N-ethyl adjacent to an activating group) is 1. The topological polar surface area (TPSA) is 105 Å². The van der Waals surface area contributed by atoms with E-state index >= 15 is 0 Å². The van der Waals surface area contributed by atoms with Crippen LogP contribution < -0.4 is 16.0 Å². The molecule has 0 bridgehead atoms. The van der Waals surface area contributed by atoms with Crippen molar-refractivity contribution < 1.29 is 14.3 Å². The van der Waals surface area contributed by atoms with Crippen LogP contribution in [0.25, 0.3) is 0 Å². The summed E-state index contributed by atoms with van der Waals surface area (Å²) in [6, 6.07) is 0. The Kier molecular flexibility index (Phi) is 8.71. The fourth-order valence-electron chi connectivity index (χ4n) is 1.22. The lowest BCUT2D eigenvalue weighted by Gasteiger charge is -2.03. The highest BCUT2D eigenvalue weighted by Gasteiger charge is 2.09. The highest BCUT2D eigenvalue weighted by molar-refractivity contribution is 8.01. The molecule has 0 aliphatic carbocycles. The molecule has 1 aromatic rings. The zero-order chi connectivity index (χ0) is 15.5. The number of carbonyl (C=O) groups is 2. The van der Waals surface area contributed by atoms with Crippen molar-refractivity contribution >= 4 is 40.0 Å². The first kappa shape index (κ1) is 17.7. The predicted octanol–water partition coefficient (Wildman–Crippen LogP) is -0.0592. The van der Waals surface area contributed by atoms with Crippen LogP contribution in [0.3, 0.4) is 0 Å². The third-order valence-electron chi connectivity index (χ3n) is 2.14. The molecule has 0 atom stereocenters. The number of hydrogen-bond donors (Lipinski definition) is 3. The number of carbonyl (C=O) groups excluding carboxylic acids is 2. The molecular formula is C11H19N5O3S2. The maximum absolute atomic E-state index is 11.6. The maximum atomic E-state index is 11.6. The van der Waals surface area contributed by atoms with E-state index in [1.165, 1.54) is 23.1 Å². The number of anilines is 1. The minimum Gasteiger partial charge on any atom is -0.383 e. The number of nitrogens with one attached hydrogen (secondary N) is 3. The van der Waals surface area contributed by atoms with Crippen molar-refractivity contribution in [1.82, 2.24) is 20.8 Å². The summed E-state index contributed by atoms with van der Waals surface area (Å²) in [5, 5.41) is 16.8. The molecular weight excluding hydrogens is 314 g/mol. The number of amides is 2. The largest absolute Gasteiger partial charge is 0.383 e. The Morgan fingerprint density at radius 3 is 2.81 bits per heavy atom. The van der Waals surface area contributed by atoms with E-state index in [1.807, 2.05) is 6.92 Å². The summed E-state index contributed by atoms with van der Waals surface area (Å²) in [7, 11) is 1.63. The van der Waals surface area contributed by atoms with Gasteiger partial charge in [-0.2, -0.15) is 0 Å². The second-order valence-corrected chi connectivity index (χ2v) is 6.01. The standard InChI is InChI=1S/C11H19N5O3S2/c1-3-12-8(17)6-14-9(18)7-20-11-16-15-10(21-11)13-4-5-19-2/h3-7H2,1-2H3,(H,12,17)(H,13,15)(H,14,18). The molecule has 0 aliphatic rings. The number of hydrogen-bond acceptors (Lipinski definition) is 8. The fourth-order valence-corrected chi connectivity index (χ4v) is 2.82. The lowest BCUT2D eigenvalue weighted by Crippen LogP contribution is -2.37. The molecule has 10 heteroatoms. The number of nitrogens with zero attached hydrogens (tertiary/aromatic N) is 2. The van der Waals surface area contributed by atoms with Crippen LogP contribution in [-0.4, -0.2) is 61.1 Å². The molecule has 8 nitrogen and oxygen atoms in total. The monoisotopic (exact) mass is 333 g/mol. The zero-order valence-electron chi connectivity index (χ0n) is 12.0. The highest BCUT2D eigenvalue weighted by Crippen LogP contribution is 2.24. The van der Waals surface area contributed by atoms with Crippen molar-refractivity contribution in [2.45, 2.75) is 11.3 Å². The second-order valence-electron chi connectivity index (χ2n) is 3.81. The van der Waals surface area contributed by atoms with Crippen LogP contribution in [0.2, 0.25) is 0 Å². The molecule has 21 heavy (non-hydrogen) atoms. The van der Waals surface area contributed by atoms with Crippen LogP contribution in [-0.2, 0) is 14.3 Å². The molecule has 0 aromatic carbocycles. The first-order chi connectivity index (χ1) is 10.2. The lowest BCUT2D eigenvalue weighted by molar-refractivity contribution is -0.124. The summed E-state index contributed by atoms with van der Waals surface area (Å²) < 4.78 is 5.61. The molecule has 0 unspecified atom stereocenters. The second kappa shape index (κ2) is 10.4. The molecule has 1 aromatic heterocycles. The Bertz CT molecular complexity index is 455. The van der Waals surface area contributed by atoms with E-state index in [-0.39, 0.29) is 24.1 Å². The Balaban J connectivity index is 2.22. The maximum Gasteiger partial charge on any atom is 0.239 e. The molecule has 0 fully saturated rings. The Hall–Kier alpha value is -1.39. The fraction of sp³-hybridized carbons (Fsp3) is 0.636. The van der Waals surface area contributed by atoms with Crippen molar-refractivity contribution in [3.05, 3.63) is 0 Å². The smallest absolute Gasteiger partial charge is 0.239 e. The number of methoxy groups -OCH3 is 1. The average molecular weight is 333 g/mol. The summed E-state index contributed by atoms with van der Waals surface area (Å²) in [6.07, 6.45) is 0. The van der Waals surface area contributed by atoms with E-state index in [0.717, 1.165) is 0 Å². The number of ether oxygens (including phenoxy) is 1. The minimum atomic E-state index is -0.213. The number of rotatable bonds is 10. The van der Waals surface area contributed by atoms with Crippen LogP contribution in [0.4, 0.5) is 5.13 Å². The minimum absolute atomic E-state index is 0.00677. The number of thioether (sulfide) groups is 1. The summed E-state index contributed by atoms with van der Waals surface area (Å²) in [6.45, 7) is 3.61. The highest BCUT2D eigenvalue weighted by atomic mass is 32.2. The molecule has 3 N–H and O–H groups in total. The van der Waals surface area contributed by atoms with Gasteiger partial charge < -0.3 is 20.7 Å². The average Bonchev–Trinajstić information content (AvgIpc) is 2.91. The molecule has 0 spiro atoms. The van der Waals surface area contributed by atoms with Crippen LogP contribution in [0.1, 0.15) is 6.92 Å². The first-order valence-corrected chi connectivity index (χ1v) is 8.18. The zero-order valence-corrected chi connectivity index (χ0v) is 13.6. The van der Waals surface area contributed by atoms with E-state index in [9.17, 15) is 9.59 Å². The van der Waals surface area contributed by atoms with Crippen molar-refractivity contribution in [3.63, 3.8) is 0 Å². The van der Waals surface area contributed by atoms with Crippen LogP contribution in [0.5, 0.6) is 0 Å². The quantitative estimate of drug-likeness (QED) is 0.407. The van der Waals surface area contributed by atoms with E-state index in [1.54, 1.807) is 7.11 Å². The molecule has 1 heterocycles. The molecule has 2 amide bonds. The lowest BCUT2D eigenvalue weighted by atomic mass is 10.5. The van der Waals surface area contributed by atoms with Gasteiger partial charge in [-0.3, -0.25) is 9.59 Å². The van der Waals surface area contributed by atoms with Crippen molar-refractivity contribution in [1.29, 1.82) is 0 Å². The van der Waals surface area contributed by atoms with Crippen molar-refractivity contribution in [2.75, 3.05) is 44.4 Å². The van der Waals surface area contributed by atoms with Gasteiger partial charge in [-0.25, -0.2) is 0 Å². The SMILES string of the molecule is CCNC(=O)CNC(=O)CSc1nnc(NCCOC)s1. The Labute approximate surface area is 131 Å². The van der Waals surface area contributed by atoms with Gasteiger partial charge in [0.15, 0.2) is 4.34 Å². The van der Waals surface area contributed by atoms with Crippen LogP contribution in [0.15, 0.2) is 4.34 Å². The third-order valence-corrected chi connectivity index (χ3v) is 4.15. The van der Waals surface area contributed by atoms with Gasteiger partial charge in [0, 0.05) is 20.2 Å². The molecule has 0 aliphatic heterocycles. The third kappa shape index (κ3) is 7.83. The van der Waals surface area contributed by atoms with Gasteiger partial charge in [-0.1, -0.05) is 23.1 Å².